The number of rotatable bonds is 3. The molecule has 1 saturated heterocycles. The first kappa shape index (κ1) is 12.2. The van der Waals surface area contributed by atoms with Crippen molar-refractivity contribution in [1.29, 1.82) is 0 Å². The Morgan fingerprint density at radius 2 is 2.16 bits per heavy atom. The average molecular weight is 259 g/mol. The average Bonchev–Trinajstić information content (AvgIpc) is 3.07. The monoisotopic (exact) mass is 259 g/mol. The highest BCUT2D eigenvalue weighted by Gasteiger charge is 2.23. The maximum Gasteiger partial charge on any atom is 0.227 e. The summed E-state index contributed by atoms with van der Waals surface area (Å²) in [4.78, 5) is 18.7. The number of nitrogens with two attached hydrogens (primary N) is 1. The molecule has 1 amide bonds. The van der Waals surface area contributed by atoms with Gasteiger partial charge in [0.05, 0.1) is 5.71 Å². The van der Waals surface area contributed by atoms with Crippen LogP contribution in [0.2, 0.25) is 0 Å². The highest BCUT2D eigenvalue weighted by atomic mass is 16.6. The number of hydrogen-bond donors (Lipinski definition) is 1. The van der Waals surface area contributed by atoms with E-state index < -0.39 is 0 Å². The molecule has 0 aliphatic carbocycles. The van der Waals surface area contributed by atoms with Gasteiger partial charge < -0.3 is 15.5 Å². The van der Waals surface area contributed by atoms with E-state index in [1.165, 1.54) is 0 Å². The number of amides is 1. The van der Waals surface area contributed by atoms with E-state index in [1.54, 1.807) is 0 Å². The van der Waals surface area contributed by atoms with Crippen LogP contribution in [0.3, 0.4) is 0 Å². The van der Waals surface area contributed by atoms with Crippen LogP contribution in [0.25, 0.3) is 0 Å². The first-order valence-electron chi connectivity index (χ1n) is 6.61. The molecular formula is C14H17N3O2. The molecule has 100 valence electrons. The van der Waals surface area contributed by atoms with E-state index in [9.17, 15) is 4.79 Å². The lowest BCUT2D eigenvalue weighted by atomic mass is 10.0. The van der Waals surface area contributed by atoms with E-state index in [4.69, 9.17) is 10.6 Å². The third-order valence-electron chi connectivity index (χ3n) is 3.58. The summed E-state index contributed by atoms with van der Waals surface area (Å²) in [5.74, 6) is 0.206. The normalized spacial score (nSPS) is 22.6. The van der Waals surface area contributed by atoms with E-state index in [2.05, 4.69) is 5.16 Å². The van der Waals surface area contributed by atoms with E-state index >= 15 is 0 Å². The molecule has 5 nitrogen and oxygen atoms in total. The lowest BCUT2D eigenvalue weighted by molar-refractivity contribution is -0.117. The molecule has 0 bridgehead atoms. The van der Waals surface area contributed by atoms with Crippen molar-refractivity contribution in [2.24, 2.45) is 10.9 Å². The Labute approximate surface area is 112 Å². The number of carbonyl (C=O) groups is 1. The first-order chi connectivity index (χ1) is 9.28. The second kappa shape index (κ2) is 5.01. The van der Waals surface area contributed by atoms with Gasteiger partial charge in [-0.15, -0.1) is 0 Å². The molecule has 2 aliphatic rings. The van der Waals surface area contributed by atoms with Gasteiger partial charge in [0.2, 0.25) is 5.91 Å². The molecule has 0 saturated carbocycles. The van der Waals surface area contributed by atoms with Crippen LogP contribution in [0.1, 0.15) is 24.8 Å². The van der Waals surface area contributed by atoms with Gasteiger partial charge in [-0.1, -0.05) is 17.3 Å². The zero-order valence-corrected chi connectivity index (χ0v) is 10.7. The Balaban J connectivity index is 1.74. The highest BCUT2D eigenvalue weighted by Crippen LogP contribution is 2.23. The number of benzene rings is 1. The molecule has 2 N–H and O–H groups in total. The van der Waals surface area contributed by atoms with E-state index in [1.807, 2.05) is 29.2 Å². The van der Waals surface area contributed by atoms with Gasteiger partial charge in [0.1, 0.15) is 6.10 Å². The topological polar surface area (TPSA) is 67.9 Å². The maximum atomic E-state index is 11.7. The van der Waals surface area contributed by atoms with Gasteiger partial charge >= 0.3 is 0 Å². The predicted molar refractivity (Wildman–Crippen MR) is 73.1 cm³/mol. The van der Waals surface area contributed by atoms with Gasteiger partial charge in [-0.2, -0.15) is 0 Å². The summed E-state index contributed by atoms with van der Waals surface area (Å²) in [6.45, 7) is 1.30. The van der Waals surface area contributed by atoms with Gasteiger partial charge in [0, 0.05) is 31.6 Å². The zero-order chi connectivity index (χ0) is 13.2. The quantitative estimate of drug-likeness (QED) is 0.888. The summed E-state index contributed by atoms with van der Waals surface area (Å²) in [6.07, 6.45) is 2.34. The van der Waals surface area contributed by atoms with Gasteiger partial charge in [-0.05, 0) is 24.1 Å². The summed E-state index contributed by atoms with van der Waals surface area (Å²) in [5.41, 5.74) is 8.47. The molecule has 1 unspecified atom stereocenters. The third-order valence-corrected chi connectivity index (χ3v) is 3.58. The molecule has 5 heteroatoms. The number of oxime groups is 1. The molecular weight excluding hydrogens is 242 g/mol. The molecule has 2 heterocycles. The summed E-state index contributed by atoms with van der Waals surface area (Å²) < 4.78 is 0. The van der Waals surface area contributed by atoms with Crippen LogP contribution in [0, 0.1) is 0 Å². The van der Waals surface area contributed by atoms with E-state index in [0.29, 0.717) is 13.0 Å². The zero-order valence-electron chi connectivity index (χ0n) is 10.7. The largest absolute Gasteiger partial charge is 0.390 e. The summed E-state index contributed by atoms with van der Waals surface area (Å²) in [5, 5.41) is 4.06. The molecule has 1 fully saturated rings. The predicted octanol–water partition coefficient (Wildman–Crippen LogP) is 1.27. The van der Waals surface area contributed by atoms with Crippen molar-refractivity contribution >= 4 is 17.3 Å². The molecule has 19 heavy (non-hydrogen) atoms. The van der Waals surface area contributed by atoms with Crippen LogP contribution in [-0.4, -0.2) is 30.8 Å². The van der Waals surface area contributed by atoms with Crippen molar-refractivity contribution in [3.05, 3.63) is 29.8 Å². The lowest BCUT2D eigenvalue weighted by Gasteiger charge is -2.15. The number of hydrogen-bond acceptors (Lipinski definition) is 4. The minimum absolute atomic E-state index is 0.00478. The Bertz CT molecular complexity index is 510. The van der Waals surface area contributed by atoms with Crippen LogP contribution in [0.4, 0.5) is 5.69 Å². The minimum atomic E-state index is -0.00478. The Hall–Kier alpha value is -1.88. The minimum Gasteiger partial charge on any atom is -0.390 e. The van der Waals surface area contributed by atoms with E-state index in [0.717, 1.165) is 36.3 Å². The van der Waals surface area contributed by atoms with Crippen molar-refractivity contribution in [3.63, 3.8) is 0 Å². The second-order valence-electron chi connectivity index (χ2n) is 4.90. The van der Waals surface area contributed by atoms with Crippen molar-refractivity contribution in [1.82, 2.24) is 0 Å². The maximum absolute atomic E-state index is 11.7. The lowest BCUT2D eigenvalue weighted by Crippen LogP contribution is -2.23. The van der Waals surface area contributed by atoms with Gasteiger partial charge in [0.15, 0.2) is 0 Å². The Morgan fingerprint density at radius 3 is 2.74 bits per heavy atom. The fourth-order valence-electron chi connectivity index (χ4n) is 2.48. The third kappa shape index (κ3) is 2.33. The highest BCUT2D eigenvalue weighted by molar-refractivity contribution is 6.02. The number of nitrogens with zero attached hydrogens (tertiary/aromatic N) is 2. The molecule has 1 aromatic carbocycles. The summed E-state index contributed by atoms with van der Waals surface area (Å²) in [6, 6.07) is 7.91. The first-order valence-corrected chi connectivity index (χ1v) is 6.61. The molecule has 2 aliphatic heterocycles. The standard InChI is InChI=1S/C14H17N3O2/c15-9-12-8-13(16-19-12)10-3-5-11(6-4-10)17-7-1-2-14(17)18/h3-6,12H,1-2,7-9,15H2. The van der Waals surface area contributed by atoms with Gasteiger partial charge in [-0.3, -0.25) is 4.79 Å². The fraction of sp³-hybridized carbons (Fsp3) is 0.429. The van der Waals surface area contributed by atoms with E-state index in [-0.39, 0.29) is 12.0 Å². The van der Waals surface area contributed by atoms with Crippen molar-refractivity contribution in [2.75, 3.05) is 18.0 Å². The van der Waals surface area contributed by atoms with Crippen molar-refractivity contribution in [2.45, 2.75) is 25.4 Å². The fourth-order valence-corrected chi connectivity index (χ4v) is 2.48. The van der Waals surface area contributed by atoms with Crippen molar-refractivity contribution in [3.8, 4) is 0 Å². The Morgan fingerprint density at radius 1 is 1.37 bits per heavy atom. The molecule has 0 aromatic heterocycles. The number of anilines is 1. The van der Waals surface area contributed by atoms with Crippen LogP contribution >= 0.6 is 0 Å². The van der Waals surface area contributed by atoms with Crippen LogP contribution in [0.15, 0.2) is 29.4 Å². The molecule has 1 aromatic rings. The number of carbonyl (C=O) groups excluding carboxylic acids is 1. The van der Waals surface area contributed by atoms with Crippen LogP contribution < -0.4 is 10.6 Å². The molecule has 0 radical (unpaired) electrons. The second-order valence-corrected chi connectivity index (χ2v) is 4.90. The smallest absolute Gasteiger partial charge is 0.227 e. The Kier molecular flexibility index (Phi) is 3.21. The van der Waals surface area contributed by atoms with Crippen molar-refractivity contribution < 1.29 is 9.63 Å². The summed E-state index contributed by atoms with van der Waals surface area (Å²) >= 11 is 0. The van der Waals surface area contributed by atoms with Gasteiger partial charge in [-0.25, -0.2) is 0 Å². The molecule has 3 rings (SSSR count). The van der Waals surface area contributed by atoms with Crippen LogP contribution in [-0.2, 0) is 9.63 Å². The van der Waals surface area contributed by atoms with Gasteiger partial charge in [0.25, 0.3) is 0 Å². The molecule has 0 spiro atoms. The molecule has 1 atom stereocenters. The van der Waals surface area contributed by atoms with Crippen LogP contribution in [0.5, 0.6) is 0 Å². The SMILES string of the molecule is NCC1CC(c2ccc(N3CCCC3=O)cc2)=NO1. The summed E-state index contributed by atoms with van der Waals surface area (Å²) in [7, 11) is 0.